The van der Waals surface area contributed by atoms with Gasteiger partial charge in [-0.25, -0.2) is 9.59 Å². The Balaban J connectivity index is 2.25. The van der Waals surface area contributed by atoms with Crippen molar-refractivity contribution in [3.05, 3.63) is 58.2 Å². The number of esters is 2. The molecule has 1 aromatic carbocycles. The van der Waals surface area contributed by atoms with E-state index in [1.807, 2.05) is 24.3 Å². The van der Waals surface area contributed by atoms with E-state index < -0.39 is 17.7 Å². The molecule has 0 bridgehead atoms. The van der Waals surface area contributed by atoms with Crippen LogP contribution in [-0.4, -0.2) is 31.9 Å². The van der Waals surface area contributed by atoms with Crippen LogP contribution in [-0.2, 0) is 23.9 Å². The number of carbonyl (C=O) groups excluding carboxylic acids is 3. The molecule has 0 unspecified atom stereocenters. The molecule has 0 amide bonds. The lowest BCUT2D eigenvalue weighted by Crippen LogP contribution is -2.24. The van der Waals surface area contributed by atoms with E-state index >= 15 is 0 Å². The lowest BCUT2D eigenvalue weighted by Gasteiger charge is -2.17. The molecule has 5 heteroatoms. The van der Waals surface area contributed by atoms with Gasteiger partial charge >= 0.3 is 11.9 Å². The number of ether oxygens (including phenoxy) is 2. The van der Waals surface area contributed by atoms with Gasteiger partial charge in [-0.1, -0.05) is 24.3 Å². The van der Waals surface area contributed by atoms with E-state index in [0.717, 1.165) is 18.2 Å². The molecule has 110 valence electrons. The molecule has 0 aromatic heterocycles. The number of hydrogen-bond acceptors (Lipinski definition) is 5. The van der Waals surface area contributed by atoms with E-state index in [0.29, 0.717) is 11.1 Å². The van der Waals surface area contributed by atoms with Gasteiger partial charge in [0.2, 0.25) is 5.78 Å². The van der Waals surface area contributed by atoms with Gasteiger partial charge in [-0.3, -0.25) is 4.79 Å². The standard InChI is InChI=1S/C17H12O5/c1-21-16(19)13-8-11-10-6-4-3-5-9(10)7-12(11)15(18)14(13)17(20)22-2/h3-8H,1-2H3. The topological polar surface area (TPSA) is 69.7 Å². The van der Waals surface area contributed by atoms with Gasteiger partial charge in [0.1, 0.15) is 5.57 Å². The summed E-state index contributed by atoms with van der Waals surface area (Å²) in [5, 5.41) is 0. The number of fused-ring (bicyclic) bond motifs is 3. The second-order valence-corrected chi connectivity index (χ2v) is 4.80. The van der Waals surface area contributed by atoms with Crippen molar-refractivity contribution in [2.75, 3.05) is 14.2 Å². The van der Waals surface area contributed by atoms with E-state index in [-0.39, 0.29) is 11.1 Å². The van der Waals surface area contributed by atoms with Crippen molar-refractivity contribution < 1.29 is 23.9 Å². The Kier molecular flexibility index (Phi) is 3.25. The van der Waals surface area contributed by atoms with Crippen molar-refractivity contribution >= 4 is 29.4 Å². The number of hydrogen-bond donors (Lipinski definition) is 0. The summed E-state index contributed by atoms with van der Waals surface area (Å²) in [5.41, 5.74) is 2.34. The highest BCUT2D eigenvalue weighted by Gasteiger charge is 2.37. The number of Topliss-reactive ketones (excluding diaryl/α,β-unsaturated/α-hetero) is 1. The van der Waals surface area contributed by atoms with E-state index in [1.54, 1.807) is 6.08 Å². The Hall–Kier alpha value is -2.95. The minimum absolute atomic E-state index is 0.0804. The SMILES string of the molecule is COC(=O)C1=C(C(=O)OC)C(=O)C2=Cc3ccccc3C2=C1. The Morgan fingerprint density at radius 2 is 1.59 bits per heavy atom. The highest BCUT2D eigenvalue weighted by molar-refractivity contribution is 6.37. The molecule has 5 nitrogen and oxygen atoms in total. The molecule has 22 heavy (non-hydrogen) atoms. The summed E-state index contributed by atoms with van der Waals surface area (Å²) in [6.07, 6.45) is 3.22. The molecule has 1 aromatic rings. The van der Waals surface area contributed by atoms with Crippen LogP contribution in [0.3, 0.4) is 0 Å². The molecular weight excluding hydrogens is 284 g/mol. The number of methoxy groups -OCH3 is 2. The number of ketones is 1. The Bertz CT molecular complexity index is 808. The highest BCUT2D eigenvalue weighted by Crippen LogP contribution is 2.41. The molecule has 0 heterocycles. The summed E-state index contributed by atoms with van der Waals surface area (Å²) in [6, 6.07) is 7.42. The average molecular weight is 296 g/mol. The zero-order chi connectivity index (χ0) is 15.9. The van der Waals surface area contributed by atoms with Crippen LogP contribution >= 0.6 is 0 Å². The molecule has 3 rings (SSSR count). The smallest absolute Gasteiger partial charge is 0.342 e. The molecule has 0 N–H and O–H groups in total. The van der Waals surface area contributed by atoms with Crippen LogP contribution < -0.4 is 0 Å². The van der Waals surface area contributed by atoms with Crippen LogP contribution in [0.4, 0.5) is 0 Å². The van der Waals surface area contributed by atoms with E-state index in [1.165, 1.54) is 13.2 Å². The average Bonchev–Trinajstić information content (AvgIpc) is 2.92. The van der Waals surface area contributed by atoms with Crippen LogP contribution in [0.15, 0.2) is 47.1 Å². The van der Waals surface area contributed by atoms with Gasteiger partial charge in [-0.2, -0.15) is 0 Å². The predicted octanol–water partition coefficient (Wildman–Crippen LogP) is 1.69. The van der Waals surface area contributed by atoms with Gasteiger partial charge in [0.05, 0.1) is 19.8 Å². The minimum Gasteiger partial charge on any atom is -0.465 e. The number of rotatable bonds is 2. The summed E-state index contributed by atoms with van der Waals surface area (Å²) in [5.74, 6) is -2.12. The van der Waals surface area contributed by atoms with Crippen molar-refractivity contribution in [1.82, 2.24) is 0 Å². The van der Waals surface area contributed by atoms with Crippen molar-refractivity contribution in [3.8, 4) is 0 Å². The lowest BCUT2D eigenvalue weighted by atomic mass is 9.86. The van der Waals surface area contributed by atoms with Gasteiger partial charge in [-0.05, 0) is 28.9 Å². The third kappa shape index (κ3) is 1.90. The third-order valence-electron chi connectivity index (χ3n) is 3.67. The van der Waals surface area contributed by atoms with Crippen molar-refractivity contribution in [3.63, 3.8) is 0 Å². The summed E-state index contributed by atoms with van der Waals surface area (Å²) in [7, 11) is 2.36. The molecule has 2 aliphatic carbocycles. The molecule has 2 aliphatic rings. The number of carbonyl (C=O) groups is 3. The summed E-state index contributed by atoms with van der Waals surface area (Å²) < 4.78 is 9.31. The lowest BCUT2D eigenvalue weighted by molar-refractivity contribution is -0.140. The van der Waals surface area contributed by atoms with E-state index in [9.17, 15) is 14.4 Å². The van der Waals surface area contributed by atoms with E-state index in [2.05, 4.69) is 9.47 Å². The molecule has 0 saturated heterocycles. The summed E-state index contributed by atoms with van der Waals surface area (Å²) in [6.45, 7) is 0. The zero-order valence-electron chi connectivity index (χ0n) is 12.0. The number of benzene rings is 1. The van der Waals surface area contributed by atoms with Crippen LogP contribution in [0.2, 0.25) is 0 Å². The van der Waals surface area contributed by atoms with Crippen molar-refractivity contribution in [1.29, 1.82) is 0 Å². The normalized spacial score (nSPS) is 15.6. The Morgan fingerprint density at radius 3 is 2.27 bits per heavy atom. The highest BCUT2D eigenvalue weighted by atomic mass is 16.5. The van der Waals surface area contributed by atoms with Crippen LogP contribution in [0.5, 0.6) is 0 Å². The molecule has 0 spiro atoms. The quantitative estimate of drug-likeness (QED) is 0.613. The second-order valence-electron chi connectivity index (χ2n) is 4.80. The predicted molar refractivity (Wildman–Crippen MR) is 78.5 cm³/mol. The van der Waals surface area contributed by atoms with Crippen LogP contribution in [0.1, 0.15) is 11.1 Å². The molecule has 0 atom stereocenters. The third-order valence-corrected chi connectivity index (χ3v) is 3.67. The minimum atomic E-state index is -0.849. The van der Waals surface area contributed by atoms with Crippen LogP contribution in [0.25, 0.3) is 11.6 Å². The van der Waals surface area contributed by atoms with Gasteiger partial charge in [0.15, 0.2) is 0 Å². The maximum atomic E-state index is 12.6. The first-order chi connectivity index (χ1) is 10.6. The first-order valence-corrected chi connectivity index (χ1v) is 6.57. The van der Waals surface area contributed by atoms with Gasteiger partial charge in [0, 0.05) is 5.57 Å². The van der Waals surface area contributed by atoms with Gasteiger partial charge in [0.25, 0.3) is 0 Å². The maximum Gasteiger partial charge on any atom is 0.342 e. The van der Waals surface area contributed by atoms with E-state index in [4.69, 9.17) is 0 Å². The van der Waals surface area contributed by atoms with Gasteiger partial charge < -0.3 is 9.47 Å². The molecule has 0 aliphatic heterocycles. The van der Waals surface area contributed by atoms with Crippen molar-refractivity contribution in [2.24, 2.45) is 0 Å². The molecular formula is C17H12O5. The van der Waals surface area contributed by atoms with Crippen molar-refractivity contribution in [2.45, 2.75) is 0 Å². The fourth-order valence-corrected chi connectivity index (χ4v) is 2.64. The number of allylic oxidation sites excluding steroid dienone is 2. The fraction of sp³-hybridized carbons (Fsp3) is 0.118. The first kappa shape index (κ1) is 14.0. The van der Waals surface area contributed by atoms with Crippen LogP contribution in [0, 0.1) is 0 Å². The second kappa shape index (κ2) is 5.11. The Morgan fingerprint density at radius 1 is 0.909 bits per heavy atom. The zero-order valence-corrected chi connectivity index (χ0v) is 12.0. The largest absolute Gasteiger partial charge is 0.465 e. The monoisotopic (exact) mass is 296 g/mol. The van der Waals surface area contributed by atoms with Gasteiger partial charge in [-0.15, -0.1) is 0 Å². The summed E-state index contributed by atoms with van der Waals surface area (Å²) in [4.78, 5) is 36.5. The molecule has 0 radical (unpaired) electrons. The summed E-state index contributed by atoms with van der Waals surface area (Å²) >= 11 is 0. The maximum absolute atomic E-state index is 12.6. The fourth-order valence-electron chi connectivity index (χ4n) is 2.64. The molecule has 0 fully saturated rings. The first-order valence-electron chi connectivity index (χ1n) is 6.57. The Labute approximate surface area is 126 Å². The molecule has 0 saturated carbocycles.